The summed E-state index contributed by atoms with van der Waals surface area (Å²) in [5.41, 5.74) is 1.15. The van der Waals surface area contributed by atoms with Crippen LogP contribution in [0.2, 0.25) is 5.02 Å². The Morgan fingerprint density at radius 1 is 1.29 bits per heavy atom. The molecule has 2 aromatic carbocycles. The van der Waals surface area contributed by atoms with Gasteiger partial charge >= 0.3 is 6.09 Å². The molecule has 0 aromatic heterocycles. The summed E-state index contributed by atoms with van der Waals surface area (Å²) in [4.78, 5) is 39.7. The average molecular weight is 450 g/mol. The lowest BCUT2D eigenvalue weighted by Crippen LogP contribution is -2.46. The number of carbonyl (C=O) groups excluding carboxylic acids is 3. The molecular formula is C21H21ClFN3O5. The Balaban J connectivity index is 1.66. The summed E-state index contributed by atoms with van der Waals surface area (Å²) in [5.74, 6) is -3.98. The molecule has 1 aliphatic rings. The standard InChI is InChI=1S/C21H21ClFN3O5/c1-25(2)18(27)14-4-3-5-17(10-14)26-7-6-21(30,19(26)28)31-20(29)24-12-13-8-15(22)11-16(23)9-13/h3-5,8-11,30H,6-7,12H2,1-2H3,(H,24,29). The molecule has 0 aliphatic carbocycles. The van der Waals surface area contributed by atoms with Gasteiger partial charge in [-0.2, -0.15) is 0 Å². The number of amides is 3. The molecule has 0 saturated carbocycles. The number of hydrogen-bond donors (Lipinski definition) is 2. The van der Waals surface area contributed by atoms with E-state index in [1.165, 1.54) is 28.0 Å². The highest BCUT2D eigenvalue weighted by Gasteiger charge is 2.49. The molecule has 1 atom stereocenters. The van der Waals surface area contributed by atoms with Crippen LogP contribution in [0.4, 0.5) is 14.9 Å². The summed E-state index contributed by atoms with van der Waals surface area (Å²) in [6, 6.07) is 10.1. The van der Waals surface area contributed by atoms with Crippen LogP contribution in [-0.4, -0.2) is 54.3 Å². The minimum atomic E-state index is -2.36. The Morgan fingerprint density at radius 2 is 2.03 bits per heavy atom. The van der Waals surface area contributed by atoms with Crippen LogP contribution in [0, 0.1) is 5.82 Å². The van der Waals surface area contributed by atoms with E-state index in [1.807, 2.05) is 0 Å². The minimum Gasteiger partial charge on any atom is -0.407 e. The number of nitrogens with one attached hydrogen (secondary N) is 1. The Bertz CT molecular complexity index is 1010. The summed E-state index contributed by atoms with van der Waals surface area (Å²) < 4.78 is 18.4. The predicted molar refractivity (Wildman–Crippen MR) is 111 cm³/mol. The fourth-order valence-electron chi connectivity index (χ4n) is 3.17. The molecule has 1 unspecified atom stereocenters. The Kier molecular flexibility index (Phi) is 6.47. The van der Waals surface area contributed by atoms with E-state index in [9.17, 15) is 23.9 Å². The number of anilines is 1. The molecule has 31 heavy (non-hydrogen) atoms. The van der Waals surface area contributed by atoms with Gasteiger partial charge in [-0.3, -0.25) is 9.59 Å². The lowest BCUT2D eigenvalue weighted by molar-refractivity contribution is -0.175. The van der Waals surface area contributed by atoms with Crippen LogP contribution < -0.4 is 10.2 Å². The number of alkyl carbamates (subject to hydrolysis) is 1. The highest BCUT2D eigenvalue weighted by Crippen LogP contribution is 2.30. The van der Waals surface area contributed by atoms with Crippen LogP contribution in [0.25, 0.3) is 0 Å². The van der Waals surface area contributed by atoms with Crippen LogP contribution in [0.15, 0.2) is 42.5 Å². The van der Waals surface area contributed by atoms with E-state index in [-0.39, 0.29) is 30.4 Å². The van der Waals surface area contributed by atoms with Gasteiger partial charge < -0.3 is 25.0 Å². The summed E-state index contributed by atoms with van der Waals surface area (Å²) >= 11 is 5.77. The zero-order chi connectivity index (χ0) is 22.8. The topological polar surface area (TPSA) is 99.2 Å². The smallest absolute Gasteiger partial charge is 0.407 e. The summed E-state index contributed by atoms with van der Waals surface area (Å²) in [7, 11) is 3.22. The molecule has 1 heterocycles. The van der Waals surface area contributed by atoms with Crippen molar-refractivity contribution in [1.82, 2.24) is 10.2 Å². The number of halogens is 2. The Hall–Kier alpha value is -3.17. The Morgan fingerprint density at radius 3 is 2.71 bits per heavy atom. The first-order valence-electron chi connectivity index (χ1n) is 9.37. The van der Waals surface area contributed by atoms with Crippen molar-refractivity contribution in [2.24, 2.45) is 0 Å². The van der Waals surface area contributed by atoms with Gasteiger partial charge in [0.15, 0.2) is 0 Å². The maximum atomic E-state index is 13.4. The van der Waals surface area contributed by atoms with Gasteiger partial charge in [-0.1, -0.05) is 17.7 Å². The van der Waals surface area contributed by atoms with Crippen molar-refractivity contribution in [2.75, 3.05) is 25.5 Å². The van der Waals surface area contributed by atoms with Crippen molar-refractivity contribution in [3.63, 3.8) is 0 Å². The minimum absolute atomic E-state index is 0.0850. The van der Waals surface area contributed by atoms with E-state index in [4.69, 9.17) is 16.3 Å². The second kappa shape index (κ2) is 8.91. The molecular weight excluding hydrogens is 429 g/mol. The first-order chi connectivity index (χ1) is 14.6. The molecule has 1 saturated heterocycles. The number of ether oxygens (including phenoxy) is 1. The highest BCUT2D eigenvalue weighted by atomic mass is 35.5. The summed E-state index contributed by atoms with van der Waals surface area (Å²) in [5, 5.41) is 13.1. The zero-order valence-electron chi connectivity index (χ0n) is 16.9. The SMILES string of the molecule is CN(C)C(=O)c1cccc(N2CCC(O)(OC(=O)NCc3cc(F)cc(Cl)c3)C2=O)c1. The highest BCUT2D eigenvalue weighted by molar-refractivity contribution is 6.30. The van der Waals surface area contributed by atoms with Gasteiger partial charge in [-0.15, -0.1) is 0 Å². The lowest BCUT2D eigenvalue weighted by Gasteiger charge is -2.23. The molecule has 2 aromatic rings. The van der Waals surface area contributed by atoms with Crippen LogP contribution in [0.3, 0.4) is 0 Å². The van der Waals surface area contributed by atoms with Gasteiger partial charge in [0, 0.05) is 49.9 Å². The van der Waals surface area contributed by atoms with Gasteiger partial charge in [0.2, 0.25) is 0 Å². The van der Waals surface area contributed by atoms with Crippen LogP contribution >= 0.6 is 11.6 Å². The average Bonchev–Trinajstić information content (AvgIpc) is 2.99. The molecule has 1 aliphatic heterocycles. The lowest BCUT2D eigenvalue weighted by atomic mass is 10.1. The van der Waals surface area contributed by atoms with E-state index < -0.39 is 23.6 Å². The van der Waals surface area contributed by atoms with Crippen molar-refractivity contribution in [1.29, 1.82) is 0 Å². The first-order valence-corrected chi connectivity index (χ1v) is 9.75. The van der Waals surface area contributed by atoms with E-state index in [0.29, 0.717) is 16.8 Å². The van der Waals surface area contributed by atoms with E-state index in [2.05, 4.69) is 5.32 Å². The molecule has 10 heteroatoms. The fourth-order valence-corrected chi connectivity index (χ4v) is 3.41. The number of nitrogens with zero attached hydrogens (tertiary/aromatic N) is 2. The third-order valence-electron chi connectivity index (χ3n) is 4.69. The van der Waals surface area contributed by atoms with Gasteiger partial charge in [0.05, 0.1) is 0 Å². The second-order valence-electron chi connectivity index (χ2n) is 7.26. The van der Waals surface area contributed by atoms with Crippen LogP contribution in [0.5, 0.6) is 0 Å². The third-order valence-corrected chi connectivity index (χ3v) is 4.90. The third kappa shape index (κ3) is 5.12. The van der Waals surface area contributed by atoms with Crippen molar-refractivity contribution >= 4 is 35.2 Å². The maximum Gasteiger partial charge on any atom is 0.410 e. The fraction of sp³-hybridized carbons (Fsp3) is 0.286. The second-order valence-corrected chi connectivity index (χ2v) is 7.70. The van der Waals surface area contributed by atoms with Crippen molar-refractivity contribution in [2.45, 2.75) is 18.8 Å². The van der Waals surface area contributed by atoms with Crippen molar-refractivity contribution in [3.05, 3.63) is 64.4 Å². The molecule has 1 fully saturated rings. The van der Waals surface area contributed by atoms with Crippen molar-refractivity contribution < 1.29 is 28.6 Å². The first kappa shape index (κ1) is 22.5. The molecule has 0 radical (unpaired) electrons. The van der Waals surface area contributed by atoms with Crippen molar-refractivity contribution in [3.8, 4) is 0 Å². The molecule has 3 rings (SSSR count). The Labute approximate surface area is 183 Å². The zero-order valence-corrected chi connectivity index (χ0v) is 17.6. The van der Waals surface area contributed by atoms with E-state index in [0.717, 1.165) is 6.07 Å². The molecule has 8 nitrogen and oxygen atoms in total. The largest absolute Gasteiger partial charge is 0.410 e. The van der Waals surface area contributed by atoms with Crippen LogP contribution in [0.1, 0.15) is 22.3 Å². The van der Waals surface area contributed by atoms with E-state index >= 15 is 0 Å². The molecule has 164 valence electrons. The van der Waals surface area contributed by atoms with Gasteiger partial charge in [0.1, 0.15) is 5.82 Å². The predicted octanol–water partition coefficient (Wildman–Crippen LogP) is 2.53. The molecule has 0 bridgehead atoms. The summed E-state index contributed by atoms with van der Waals surface area (Å²) in [6.45, 7) is -0.0271. The molecule has 2 N–H and O–H groups in total. The van der Waals surface area contributed by atoms with Gasteiger partial charge in [-0.05, 0) is 42.0 Å². The molecule has 0 spiro atoms. The maximum absolute atomic E-state index is 13.4. The number of carbonyl (C=O) groups is 3. The quantitative estimate of drug-likeness (QED) is 0.683. The number of benzene rings is 2. The van der Waals surface area contributed by atoms with Gasteiger partial charge in [-0.25, -0.2) is 9.18 Å². The summed E-state index contributed by atoms with van der Waals surface area (Å²) in [6.07, 6.45) is -1.20. The number of hydrogen-bond acceptors (Lipinski definition) is 5. The number of rotatable bonds is 5. The monoisotopic (exact) mass is 449 g/mol. The normalized spacial score (nSPS) is 18.1. The number of aliphatic hydroxyl groups is 1. The van der Waals surface area contributed by atoms with Gasteiger partial charge in [0.25, 0.3) is 17.6 Å². The van der Waals surface area contributed by atoms with E-state index in [1.54, 1.807) is 32.3 Å². The molecule has 3 amide bonds. The van der Waals surface area contributed by atoms with Crippen LogP contribution in [-0.2, 0) is 16.1 Å².